The maximum atomic E-state index is 12.6. The van der Waals surface area contributed by atoms with Gasteiger partial charge in [-0.1, -0.05) is 59.5 Å². The quantitative estimate of drug-likeness (QED) is 0.462. The van der Waals surface area contributed by atoms with Crippen molar-refractivity contribution in [3.63, 3.8) is 0 Å². The zero-order valence-electron chi connectivity index (χ0n) is 17.6. The van der Waals surface area contributed by atoms with Crippen LogP contribution in [0, 0.1) is 0 Å². The highest BCUT2D eigenvalue weighted by atomic mass is 79.9. The Morgan fingerprint density at radius 2 is 1.84 bits per heavy atom. The van der Waals surface area contributed by atoms with Crippen molar-refractivity contribution in [2.24, 2.45) is 9.50 Å². The Labute approximate surface area is 196 Å². The van der Waals surface area contributed by atoms with Crippen LogP contribution < -0.4 is 5.32 Å². The first kappa shape index (κ1) is 22.7. The lowest BCUT2D eigenvalue weighted by Gasteiger charge is -2.24. The normalized spacial score (nSPS) is 17.7. The van der Waals surface area contributed by atoms with E-state index >= 15 is 0 Å². The summed E-state index contributed by atoms with van der Waals surface area (Å²) < 4.78 is 30.0. The first-order chi connectivity index (χ1) is 15.4. The maximum Gasteiger partial charge on any atom is 0.285 e. The van der Waals surface area contributed by atoms with Crippen LogP contribution in [0.25, 0.3) is 0 Å². The van der Waals surface area contributed by atoms with Crippen LogP contribution in [0.1, 0.15) is 49.7 Å². The summed E-state index contributed by atoms with van der Waals surface area (Å²) in [6.07, 6.45) is 7.35. The van der Waals surface area contributed by atoms with Crippen molar-refractivity contribution in [3.05, 3.63) is 64.1 Å². The number of amides is 1. The first-order valence-corrected chi connectivity index (χ1v) is 13.0. The van der Waals surface area contributed by atoms with Gasteiger partial charge < -0.3 is 5.32 Å². The summed E-state index contributed by atoms with van der Waals surface area (Å²) in [7, 11) is -3.78. The Balaban J connectivity index is 1.54. The molecule has 0 radical (unpaired) electrons. The van der Waals surface area contributed by atoms with Crippen LogP contribution in [-0.4, -0.2) is 44.0 Å². The van der Waals surface area contributed by atoms with E-state index in [9.17, 15) is 13.2 Å². The van der Waals surface area contributed by atoms with Gasteiger partial charge in [-0.3, -0.25) is 4.79 Å². The fourth-order valence-corrected chi connectivity index (χ4v) is 5.40. The van der Waals surface area contributed by atoms with Gasteiger partial charge >= 0.3 is 0 Å². The molecule has 1 heterocycles. The van der Waals surface area contributed by atoms with Crippen molar-refractivity contribution in [1.29, 1.82) is 0 Å². The lowest BCUT2D eigenvalue weighted by molar-refractivity contribution is -0.122. The van der Waals surface area contributed by atoms with Gasteiger partial charge in [0.1, 0.15) is 4.90 Å². The predicted octanol–water partition coefficient (Wildman–Crippen LogP) is 4.07. The molecule has 1 saturated carbocycles. The summed E-state index contributed by atoms with van der Waals surface area (Å²) in [6, 6.07) is 14.5. The zero-order chi connectivity index (χ0) is 22.6. The smallest absolute Gasteiger partial charge is 0.285 e. The van der Waals surface area contributed by atoms with Gasteiger partial charge in [0.2, 0.25) is 5.91 Å². The number of carbonyl (C=O) groups excluding carboxylic acids is 1. The standard InChI is InChI=1S/C23H25BrN4O3S/c24-18-12-10-17(11-13-18)16-25-28(15-14-22(29)26-19-6-2-1-3-7-19)23-20-8-4-5-9-21(20)32(30,31)27-23/h4-5,8-13,16,19H,1-3,6-7,14-15H2,(H,26,29). The average Bonchev–Trinajstić information content (AvgIpc) is 3.07. The van der Waals surface area contributed by atoms with Gasteiger partial charge in [-0.2, -0.15) is 13.5 Å². The van der Waals surface area contributed by atoms with Crippen LogP contribution in [0.15, 0.2) is 67.4 Å². The van der Waals surface area contributed by atoms with E-state index < -0.39 is 10.0 Å². The van der Waals surface area contributed by atoms with Crippen molar-refractivity contribution in [2.45, 2.75) is 49.5 Å². The number of fused-ring (bicyclic) bond motifs is 1. The van der Waals surface area contributed by atoms with Crippen LogP contribution in [0.4, 0.5) is 0 Å². The number of nitrogens with one attached hydrogen (secondary N) is 1. The van der Waals surface area contributed by atoms with Crippen molar-refractivity contribution in [2.75, 3.05) is 6.54 Å². The fraction of sp³-hybridized carbons (Fsp3) is 0.348. The summed E-state index contributed by atoms with van der Waals surface area (Å²) in [6.45, 7) is 0.217. The Morgan fingerprint density at radius 3 is 2.59 bits per heavy atom. The number of carbonyl (C=O) groups is 1. The lowest BCUT2D eigenvalue weighted by atomic mass is 9.95. The van der Waals surface area contributed by atoms with E-state index in [1.165, 1.54) is 17.5 Å². The molecule has 0 bridgehead atoms. The molecule has 9 heteroatoms. The van der Waals surface area contributed by atoms with Gasteiger partial charge in [-0.25, -0.2) is 5.01 Å². The van der Waals surface area contributed by atoms with E-state index in [1.807, 2.05) is 24.3 Å². The number of hydrogen-bond acceptors (Lipinski definition) is 5. The Kier molecular flexibility index (Phi) is 7.05. The molecule has 0 saturated heterocycles. The summed E-state index contributed by atoms with van der Waals surface area (Å²) in [4.78, 5) is 12.7. The average molecular weight is 517 g/mol. The van der Waals surface area contributed by atoms with Crippen LogP contribution in [0.3, 0.4) is 0 Å². The summed E-state index contributed by atoms with van der Waals surface area (Å²) in [5.74, 6) is 0.176. The molecule has 0 spiro atoms. The molecule has 1 aliphatic carbocycles. The second-order valence-corrected chi connectivity index (χ2v) is 10.4. The van der Waals surface area contributed by atoms with Gasteiger partial charge in [-0.15, -0.1) is 4.40 Å². The van der Waals surface area contributed by atoms with Crippen LogP contribution in [-0.2, 0) is 14.8 Å². The molecule has 0 aromatic heterocycles. The van der Waals surface area contributed by atoms with Crippen molar-refractivity contribution in [3.8, 4) is 0 Å². The molecule has 1 fully saturated rings. The number of amidine groups is 1. The van der Waals surface area contributed by atoms with Crippen molar-refractivity contribution < 1.29 is 13.2 Å². The molecule has 0 atom stereocenters. The van der Waals surface area contributed by atoms with Crippen LogP contribution >= 0.6 is 15.9 Å². The van der Waals surface area contributed by atoms with E-state index in [2.05, 4.69) is 30.7 Å². The number of sulfonamides is 1. The van der Waals surface area contributed by atoms with Gasteiger partial charge in [0.15, 0.2) is 5.84 Å². The van der Waals surface area contributed by atoms with Crippen molar-refractivity contribution >= 4 is 43.9 Å². The van der Waals surface area contributed by atoms with Gasteiger partial charge in [0.05, 0.1) is 12.8 Å². The third-order valence-corrected chi connectivity index (χ3v) is 7.45. The second-order valence-electron chi connectivity index (χ2n) is 7.96. The van der Waals surface area contributed by atoms with E-state index in [4.69, 9.17) is 0 Å². The van der Waals surface area contributed by atoms with E-state index in [-0.39, 0.29) is 35.6 Å². The minimum Gasteiger partial charge on any atom is -0.353 e. The number of hydrogen-bond donors (Lipinski definition) is 1. The highest BCUT2D eigenvalue weighted by Gasteiger charge is 2.32. The van der Waals surface area contributed by atoms with Gasteiger partial charge in [-0.05, 0) is 42.7 Å². The largest absolute Gasteiger partial charge is 0.353 e. The molecule has 4 rings (SSSR count). The van der Waals surface area contributed by atoms with E-state index in [0.717, 1.165) is 35.7 Å². The molecule has 1 aliphatic heterocycles. The summed E-state index contributed by atoms with van der Waals surface area (Å²) in [5.41, 5.74) is 1.34. The number of halogens is 1. The molecular formula is C23H25BrN4O3S. The maximum absolute atomic E-state index is 12.6. The van der Waals surface area contributed by atoms with E-state index in [0.29, 0.717) is 5.56 Å². The van der Waals surface area contributed by atoms with Crippen molar-refractivity contribution in [1.82, 2.24) is 10.3 Å². The third kappa shape index (κ3) is 5.45. The van der Waals surface area contributed by atoms with E-state index in [1.54, 1.807) is 24.4 Å². The highest BCUT2D eigenvalue weighted by molar-refractivity contribution is 9.10. The Bertz CT molecular complexity index is 1140. The molecule has 2 aliphatic rings. The monoisotopic (exact) mass is 516 g/mol. The molecule has 7 nitrogen and oxygen atoms in total. The molecule has 2 aromatic carbocycles. The molecule has 0 unspecified atom stereocenters. The van der Waals surface area contributed by atoms with Gasteiger partial charge in [0.25, 0.3) is 10.0 Å². The minimum absolute atomic E-state index is 0.0597. The SMILES string of the molecule is O=C(CCN(N=Cc1ccc(Br)cc1)C1=NS(=O)(=O)c2ccccc21)NC1CCCCC1. The molecule has 2 aromatic rings. The second kappa shape index (κ2) is 9.95. The number of rotatable bonds is 6. The van der Waals surface area contributed by atoms with Crippen LogP contribution in [0.2, 0.25) is 0 Å². The predicted molar refractivity (Wildman–Crippen MR) is 128 cm³/mol. The zero-order valence-corrected chi connectivity index (χ0v) is 20.0. The van der Waals surface area contributed by atoms with Gasteiger partial charge in [0, 0.05) is 22.5 Å². The fourth-order valence-electron chi connectivity index (χ4n) is 3.93. The molecule has 168 valence electrons. The topological polar surface area (TPSA) is 91.2 Å². The highest BCUT2D eigenvalue weighted by Crippen LogP contribution is 2.27. The lowest BCUT2D eigenvalue weighted by Crippen LogP contribution is -2.38. The molecular weight excluding hydrogens is 492 g/mol. The Morgan fingerprint density at radius 1 is 1.12 bits per heavy atom. The molecule has 1 N–H and O–H groups in total. The number of benzene rings is 2. The summed E-state index contributed by atoms with van der Waals surface area (Å²) >= 11 is 3.41. The molecule has 32 heavy (non-hydrogen) atoms. The minimum atomic E-state index is -3.78. The number of hydrazone groups is 1. The third-order valence-electron chi connectivity index (χ3n) is 5.59. The summed E-state index contributed by atoms with van der Waals surface area (Å²) in [5, 5.41) is 9.11. The molecule has 1 amide bonds. The Hall–Kier alpha value is -2.52. The number of nitrogens with zero attached hydrogens (tertiary/aromatic N) is 3. The van der Waals surface area contributed by atoms with Crippen LogP contribution in [0.5, 0.6) is 0 Å². The first-order valence-electron chi connectivity index (χ1n) is 10.7.